The van der Waals surface area contributed by atoms with Gasteiger partial charge in [-0.1, -0.05) is 6.42 Å². The maximum absolute atomic E-state index is 5.68. The Hall–Kier alpha value is -0.870. The molecule has 1 fully saturated rings. The highest BCUT2D eigenvalue weighted by Crippen LogP contribution is 2.16. The smallest absolute Gasteiger partial charge is 0.225 e. The van der Waals surface area contributed by atoms with Gasteiger partial charge in [0.25, 0.3) is 0 Å². The minimum Gasteiger partial charge on any atom is -0.476 e. The molecule has 2 rings (SSSR count). The first-order valence-corrected chi connectivity index (χ1v) is 5.95. The summed E-state index contributed by atoms with van der Waals surface area (Å²) < 4.78 is 5.62. The van der Waals surface area contributed by atoms with E-state index < -0.39 is 0 Å². The Morgan fingerprint density at radius 1 is 1.56 bits per heavy atom. The number of hydrogen-bond acceptors (Lipinski definition) is 4. The summed E-state index contributed by atoms with van der Waals surface area (Å²) in [6.07, 6.45) is 5.36. The maximum Gasteiger partial charge on any atom is 0.225 e. The second-order valence-corrected chi connectivity index (χ2v) is 4.44. The fourth-order valence-corrected chi connectivity index (χ4v) is 2.08. The quantitative estimate of drug-likeness (QED) is 0.759. The van der Waals surface area contributed by atoms with Gasteiger partial charge in [-0.15, -0.1) is 0 Å². The number of ether oxygens (including phenoxy) is 1. The highest BCUT2D eigenvalue weighted by Gasteiger charge is 2.19. The van der Waals surface area contributed by atoms with Crippen LogP contribution in [-0.2, 0) is 0 Å². The molecule has 0 N–H and O–H groups in total. The third-order valence-electron chi connectivity index (χ3n) is 2.95. The first-order chi connectivity index (χ1) is 7.75. The molecule has 1 unspecified atom stereocenters. The van der Waals surface area contributed by atoms with Gasteiger partial charge in [-0.05, 0) is 38.0 Å². The van der Waals surface area contributed by atoms with Crippen molar-refractivity contribution in [2.45, 2.75) is 25.3 Å². The molecule has 0 amide bonds. The molecule has 1 aromatic heterocycles. The molecule has 2 heterocycles. The summed E-state index contributed by atoms with van der Waals surface area (Å²) in [5, 5.41) is 0.231. The van der Waals surface area contributed by atoms with Crippen molar-refractivity contribution in [2.24, 2.45) is 0 Å². The summed E-state index contributed by atoms with van der Waals surface area (Å²) in [6.45, 7) is 1.82. The Kier molecular flexibility index (Phi) is 3.96. The Bertz CT molecular complexity index is 348. The molecule has 0 aliphatic carbocycles. The monoisotopic (exact) mass is 241 g/mol. The van der Waals surface area contributed by atoms with Crippen LogP contribution >= 0.6 is 11.6 Å². The highest BCUT2D eigenvalue weighted by molar-refractivity contribution is 6.28. The predicted molar refractivity (Wildman–Crippen MR) is 62.8 cm³/mol. The zero-order chi connectivity index (χ0) is 11.4. The van der Waals surface area contributed by atoms with Crippen LogP contribution in [0.2, 0.25) is 5.28 Å². The molecule has 0 radical (unpaired) electrons. The first kappa shape index (κ1) is 11.6. The molecule has 0 bridgehead atoms. The van der Waals surface area contributed by atoms with Gasteiger partial charge in [0.1, 0.15) is 6.61 Å². The van der Waals surface area contributed by atoms with Crippen molar-refractivity contribution in [3.8, 4) is 5.88 Å². The Morgan fingerprint density at radius 3 is 3.19 bits per heavy atom. The SMILES string of the molecule is CN1CCCCC1COc1ccnc(Cl)n1. The summed E-state index contributed by atoms with van der Waals surface area (Å²) in [4.78, 5) is 10.1. The van der Waals surface area contributed by atoms with Gasteiger partial charge in [-0.25, -0.2) is 4.98 Å². The largest absolute Gasteiger partial charge is 0.476 e. The lowest BCUT2D eigenvalue weighted by Crippen LogP contribution is -2.40. The van der Waals surface area contributed by atoms with Crippen molar-refractivity contribution in [3.63, 3.8) is 0 Å². The van der Waals surface area contributed by atoms with Gasteiger partial charge < -0.3 is 9.64 Å². The normalized spacial score (nSPS) is 22.0. The van der Waals surface area contributed by atoms with E-state index in [1.807, 2.05) is 0 Å². The predicted octanol–water partition coefficient (Wildman–Crippen LogP) is 1.99. The zero-order valence-corrected chi connectivity index (χ0v) is 10.2. The molecule has 4 nitrogen and oxygen atoms in total. The summed E-state index contributed by atoms with van der Waals surface area (Å²) in [7, 11) is 2.14. The summed E-state index contributed by atoms with van der Waals surface area (Å²) in [5.41, 5.74) is 0. The van der Waals surface area contributed by atoms with Gasteiger partial charge >= 0.3 is 0 Å². The Morgan fingerprint density at radius 2 is 2.44 bits per heavy atom. The Balaban J connectivity index is 1.86. The average Bonchev–Trinajstić information content (AvgIpc) is 2.28. The number of aromatic nitrogens is 2. The van der Waals surface area contributed by atoms with Crippen LogP contribution in [0.5, 0.6) is 5.88 Å². The third kappa shape index (κ3) is 3.06. The van der Waals surface area contributed by atoms with Crippen molar-refractivity contribution in [3.05, 3.63) is 17.5 Å². The van der Waals surface area contributed by atoms with Crippen LogP contribution in [0.1, 0.15) is 19.3 Å². The van der Waals surface area contributed by atoms with Gasteiger partial charge in [0.05, 0.1) is 0 Å². The van der Waals surface area contributed by atoms with E-state index in [1.165, 1.54) is 19.3 Å². The van der Waals surface area contributed by atoms with Gasteiger partial charge in [0.15, 0.2) is 0 Å². The summed E-state index contributed by atoms with van der Waals surface area (Å²) in [5.74, 6) is 0.555. The van der Waals surface area contributed by atoms with E-state index in [9.17, 15) is 0 Å². The first-order valence-electron chi connectivity index (χ1n) is 5.57. The second kappa shape index (κ2) is 5.46. The molecule has 1 aliphatic heterocycles. The van der Waals surface area contributed by atoms with Crippen molar-refractivity contribution < 1.29 is 4.74 Å². The number of rotatable bonds is 3. The molecule has 5 heteroatoms. The number of likely N-dealkylation sites (N-methyl/N-ethyl adjacent to an activating group) is 1. The minimum atomic E-state index is 0.231. The lowest BCUT2D eigenvalue weighted by atomic mass is 10.0. The molecule has 0 spiro atoms. The number of likely N-dealkylation sites (tertiary alicyclic amines) is 1. The fraction of sp³-hybridized carbons (Fsp3) is 0.636. The molecule has 0 aromatic carbocycles. The molecule has 1 atom stereocenters. The second-order valence-electron chi connectivity index (χ2n) is 4.11. The lowest BCUT2D eigenvalue weighted by molar-refractivity contribution is 0.122. The standard InChI is InChI=1S/C11H16ClN3O/c1-15-7-3-2-4-9(15)8-16-10-5-6-13-11(12)14-10/h5-6,9H,2-4,7-8H2,1H3. The zero-order valence-electron chi connectivity index (χ0n) is 9.40. The van der Waals surface area contributed by atoms with E-state index in [2.05, 4.69) is 21.9 Å². The average molecular weight is 242 g/mol. The van der Waals surface area contributed by atoms with E-state index >= 15 is 0 Å². The number of piperidine rings is 1. The molecule has 0 saturated carbocycles. The summed E-state index contributed by atoms with van der Waals surface area (Å²) in [6, 6.07) is 2.22. The van der Waals surface area contributed by atoms with Crippen molar-refractivity contribution in [2.75, 3.05) is 20.2 Å². The molecule has 1 saturated heterocycles. The van der Waals surface area contributed by atoms with Crippen molar-refractivity contribution in [1.82, 2.24) is 14.9 Å². The number of hydrogen-bond donors (Lipinski definition) is 0. The molecular weight excluding hydrogens is 226 g/mol. The molecular formula is C11H16ClN3O. The van der Waals surface area contributed by atoms with Gasteiger partial charge in [-0.3, -0.25) is 0 Å². The summed E-state index contributed by atoms with van der Waals surface area (Å²) >= 11 is 5.68. The number of nitrogens with zero attached hydrogens (tertiary/aromatic N) is 3. The minimum absolute atomic E-state index is 0.231. The molecule has 88 valence electrons. The van der Waals surface area contributed by atoms with E-state index in [4.69, 9.17) is 16.3 Å². The van der Waals surface area contributed by atoms with Crippen LogP contribution in [0, 0.1) is 0 Å². The van der Waals surface area contributed by atoms with Crippen LogP contribution in [-0.4, -0.2) is 41.1 Å². The van der Waals surface area contributed by atoms with Crippen LogP contribution in [0.25, 0.3) is 0 Å². The Labute approximate surface area is 101 Å². The van der Waals surface area contributed by atoms with Gasteiger partial charge in [0.2, 0.25) is 11.2 Å². The lowest BCUT2D eigenvalue weighted by Gasteiger charge is -2.31. The van der Waals surface area contributed by atoms with Crippen molar-refractivity contribution >= 4 is 11.6 Å². The topological polar surface area (TPSA) is 38.2 Å². The molecule has 16 heavy (non-hydrogen) atoms. The van der Waals surface area contributed by atoms with Crippen LogP contribution in [0.15, 0.2) is 12.3 Å². The van der Waals surface area contributed by atoms with Crippen molar-refractivity contribution in [1.29, 1.82) is 0 Å². The van der Waals surface area contributed by atoms with Crippen LogP contribution < -0.4 is 4.74 Å². The maximum atomic E-state index is 5.68. The van der Waals surface area contributed by atoms with E-state index in [0.717, 1.165) is 6.54 Å². The third-order valence-corrected chi connectivity index (χ3v) is 3.13. The molecule has 1 aliphatic rings. The van der Waals surface area contributed by atoms with E-state index in [0.29, 0.717) is 18.5 Å². The van der Waals surface area contributed by atoms with Crippen LogP contribution in [0.4, 0.5) is 0 Å². The van der Waals surface area contributed by atoms with Gasteiger partial charge in [-0.2, -0.15) is 4.98 Å². The molecule has 1 aromatic rings. The van der Waals surface area contributed by atoms with E-state index in [1.54, 1.807) is 12.3 Å². The highest BCUT2D eigenvalue weighted by atomic mass is 35.5. The number of halogens is 1. The van der Waals surface area contributed by atoms with Gasteiger partial charge in [0, 0.05) is 18.3 Å². The van der Waals surface area contributed by atoms with Crippen LogP contribution in [0.3, 0.4) is 0 Å². The fourth-order valence-electron chi connectivity index (χ4n) is 1.94. The van der Waals surface area contributed by atoms with E-state index in [-0.39, 0.29) is 5.28 Å².